The van der Waals surface area contributed by atoms with Crippen LogP contribution < -0.4 is 10.6 Å². The van der Waals surface area contributed by atoms with Gasteiger partial charge in [-0.15, -0.1) is 0 Å². The SMILES string of the molecule is Cc1ccnc(NC(C)c2ccc(F)cc2)c1CCNCc1cccc(Cl)c1. The van der Waals surface area contributed by atoms with Crippen molar-refractivity contribution < 1.29 is 4.39 Å². The van der Waals surface area contributed by atoms with Gasteiger partial charge >= 0.3 is 0 Å². The summed E-state index contributed by atoms with van der Waals surface area (Å²) in [4.78, 5) is 4.54. The molecule has 2 aromatic carbocycles. The first-order valence-electron chi connectivity index (χ1n) is 9.44. The average Bonchev–Trinajstić information content (AvgIpc) is 2.67. The molecule has 0 aliphatic heterocycles. The van der Waals surface area contributed by atoms with E-state index in [-0.39, 0.29) is 11.9 Å². The highest BCUT2D eigenvalue weighted by molar-refractivity contribution is 6.30. The Morgan fingerprint density at radius 1 is 1.11 bits per heavy atom. The normalized spacial score (nSPS) is 12.0. The zero-order chi connectivity index (χ0) is 19.9. The number of hydrogen-bond acceptors (Lipinski definition) is 3. The van der Waals surface area contributed by atoms with Crippen molar-refractivity contribution in [3.8, 4) is 0 Å². The van der Waals surface area contributed by atoms with Crippen LogP contribution in [0.3, 0.4) is 0 Å². The lowest BCUT2D eigenvalue weighted by atomic mass is 10.0. The first-order valence-corrected chi connectivity index (χ1v) is 9.82. The fourth-order valence-corrected chi connectivity index (χ4v) is 3.37. The van der Waals surface area contributed by atoms with E-state index in [4.69, 9.17) is 11.6 Å². The summed E-state index contributed by atoms with van der Waals surface area (Å²) in [5, 5.41) is 7.69. The fraction of sp³-hybridized carbons (Fsp3) is 0.261. The van der Waals surface area contributed by atoms with Crippen molar-refractivity contribution in [1.29, 1.82) is 0 Å². The molecular weight excluding hydrogens is 373 g/mol. The molecule has 1 heterocycles. The van der Waals surface area contributed by atoms with Crippen molar-refractivity contribution in [3.05, 3.63) is 93.9 Å². The number of hydrogen-bond donors (Lipinski definition) is 2. The summed E-state index contributed by atoms with van der Waals surface area (Å²) < 4.78 is 13.2. The van der Waals surface area contributed by atoms with Crippen LogP contribution >= 0.6 is 11.6 Å². The van der Waals surface area contributed by atoms with Crippen molar-refractivity contribution in [2.45, 2.75) is 32.9 Å². The summed E-state index contributed by atoms with van der Waals surface area (Å²) in [6.45, 7) is 5.76. The van der Waals surface area contributed by atoms with Gasteiger partial charge in [0, 0.05) is 23.8 Å². The minimum absolute atomic E-state index is 0.0352. The number of nitrogens with zero attached hydrogens (tertiary/aromatic N) is 1. The largest absolute Gasteiger partial charge is 0.363 e. The summed E-state index contributed by atoms with van der Waals surface area (Å²) in [5.74, 6) is 0.650. The fourth-order valence-electron chi connectivity index (χ4n) is 3.16. The molecule has 3 rings (SSSR count). The second kappa shape index (κ2) is 9.67. The van der Waals surface area contributed by atoms with Gasteiger partial charge in [-0.1, -0.05) is 35.9 Å². The van der Waals surface area contributed by atoms with E-state index in [0.717, 1.165) is 35.9 Å². The molecule has 3 nitrogen and oxygen atoms in total. The number of nitrogens with one attached hydrogen (secondary N) is 2. The minimum atomic E-state index is -0.226. The van der Waals surface area contributed by atoms with Gasteiger partial charge in [0.1, 0.15) is 11.6 Å². The molecule has 1 unspecified atom stereocenters. The van der Waals surface area contributed by atoms with Crippen molar-refractivity contribution >= 4 is 17.4 Å². The number of rotatable bonds is 8. The highest BCUT2D eigenvalue weighted by Gasteiger charge is 2.11. The zero-order valence-corrected chi connectivity index (χ0v) is 16.9. The predicted molar refractivity (Wildman–Crippen MR) is 114 cm³/mol. The van der Waals surface area contributed by atoms with Crippen LogP contribution in [0.1, 0.15) is 35.2 Å². The highest BCUT2D eigenvalue weighted by Crippen LogP contribution is 2.23. The lowest BCUT2D eigenvalue weighted by molar-refractivity contribution is 0.626. The molecule has 0 amide bonds. The maximum absolute atomic E-state index is 13.2. The lowest BCUT2D eigenvalue weighted by Crippen LogP contribution is -2.18. The summed E-state index contributed by atoms with van der Waals surface area (Å²) in [6, 6.07) is 16.5. The van der Waals surface area contributed by atoms with Crippen molar-refractivity contribution in [2.24, 2.45) is 0 Å². The number of aromatic nitrogens is 1. The quantitative estimate of drug-likeness (QED) is 0.479. The molecule has 0 saturated carbocycles. The second-order valence-electron chi connectivity index (χ2n) is 6.93. The Morgan fingerprint density at radius 2 is 1.89 bits per heavy atom. The van der Waals surface area contributed by atoms with Gasteiger partial charge in [-0.25, -0.2) is 9.37 Å². The Bertz CT molecular complexity index is 912. The maximum Gasteiger partial charge on any atom is 0.129 e. The van der Waals surface area contributed by atoms with E-state index in [9.17, 15) is 4.39 Å². The first kappa shape index (κ1) is 20.3. The Kier molecular flexibility index (Phi) is 7.01. The number of benzene rings is 2. The van der Waals surface area contributed by atoms with Crippen molar-refractivity contribution in [2.75, 3.05) is 11.9 Å². The van der Waals surface area contributed by atoms with Gasteiger partial charge < -0.3 is 10.6 Å². The van der Waals surface area contributed by atoms with E-state index in [1.54, 1.807) is 12.1 Å². The number of halogens is 2. The lowest BCUT2D eigenvalue weighted by Gasteiger charge is -2.19. The average molecular weight is 398 g/mol. The van der Waals surface area contributed by atoms with Crippen LogP contribution in [0.4, 0.5) is 10.2 Å². The van der Waals surface area contributed by atoms with Gasteiger partial charge in [0.25, 0.3) is 0 Å². The molecule has 5 heteroatoms. The number of anilines is 1. The molecule has 1 aromatic heterocycles. The van der Waals surface area contributed by atoms with E-state index >= 15 is 0 Å². The van der Waals surface area contributed by atoms with Crippen molar-refractivity contribution in [3.63, 3.8) is 0 Å². The van der Waals surface area contributed by atoms with Crippen molar-refractivity contribution in [1.82, 2.24) is 10.3 Å². The molecule has 28 heavy (non-hydrogen) atoms. The molecule has 0 fully saturated rings. The van der Waals surface area contributed by atoms with Crippen LogP contribution in [0.2, 0.25) is 5.02 Å². The molecule has 2 N–H and O–H groups in total. The molecule has 0 radical (unpaired) electrons. The predicted octanol–water partition coefficient (Wildman–Crippen LogP) is 5.69. The molecule has 1 atom stereocenters. The third kappa shape index (κ3) is 5.54. The van der Waals surface area contributed by atoms with Crippen LogP contribution in [0.15, 0.2) is 60.8 Å². The molecule has 0 saturated heterocycles. The molecular formula is C23H25ClFN3. The second-order valence-corrected chi connectivity index (χ2v) is 7.37. The van der Waals surface area contributed by atoms with E-state index in [0.29, 0.717) is 0 Å². The summed E-state index contributed by atoms with van der Waals surface area (Å²) in [6.07, 6.45) is 2.68. The summed E-state index contributed by atoms with van der Waals surface area (Å²) in [5.41, 5.74) is 4.58. The molecule has 0 aliphatic carbocycles. The smallest absolute Gasteiger partial charge is 0.129 e. The number of aryl methyl sites for hydroxylation is 1. The Hall–Kier alpha value is -2.43. The van der Waals surface area contributed by atoms with Gasteiger partial charge in [-0.3, -0.25) is 0 Å². The van der Waals surface area contributed by atoms with Crippen LogP contribution in [0.5, 0.6) is 0 Å². The monoisotopic (exact) mass is 397 g/mol. The Morgan fingerprint density at radius 3 is 2.64 bits per heavy atom. The van der Waals surface area contributed by atoms with E-state index < -0.39 is 0 Å². The van der Waals surface area contributed by atoms with Gasteiger partial charge in [0.2, 0.25) is 0 Å². The maximum atomic E-state index is 13.2. The van der Waals surface area contributed by atoms with Crippen LogP contribution in [-0.2, 0) is 13.0 Å². The molecule has 3 aromatic rings. The first-order chi connectivity index (χ1) is 13.5. The van der Waals surface area contributed by atoms with Gasteiger partial charge in [-0.2, -0.15) is 0 Å². The Labute approximate surface area is 171 Å². The zero-order valence-electron chi connectivity index (χ0n) is 16.2. The summed E-state index contributed by atoms with van der Waals surface area (Å²) in [7, 11) is 0. The van der Waals surface area contributed by atoms with Gasteiger partial charge in [0.05, 0.1) is 0 Å². The van der Waals surface area contributed by atoms with Gasteiger partial charge in [0.15, 0.2) is 0 Å². The molecule has 0 aliphatic rings. The molecule has 0 spiro atoms. The van der Waals surface area contributed by atoms with Crippen LogP contribution in [0, 0.1) is 12.7 Å². The van der Waals surface area contributed by atoms with Crippen LogP contribution in [0.25, 0.3) is 0 Å². The minimum Gasteiger partial charge on any atom is -0.363 e. The Balaban J connectivity index is 1.62. The molecule has 146 valence electrons. The van der Waals surface area contributed by atoms with E-state index in [1.165, 1.54) is 28.8 Å². The number of pyridine rings is 1. The van der Waals surface area contributed by atoms with E-state index in [1.807, 2.05) is 30.5 Å². The highest BCUT2D eigenvalue weighted by atomic mass is 35.5. The van der Waals surface area contributed by atoms with Gasteiger partial charge in [-0.05, 0) is 79.4 Å². The molecule has 0 bridgehead atoms. The van der Waals surface area contributed by atoms with Crippen LogP contribution in [-0.4, -0.2) is 11.5 Å². The topological polar surface area (TPSA) is 37.0 Å². The standard InChI is InChI=1S/C23H25ClFN3/c1-16-10-13-27-23(28-17(2)19-6-8-21(25)9-7-19)22(16)11-12-26-15-18-4-3-5-20(24)14-18/h3-10,13-14,17,26H,11-12,15H2,1-2H3,(H,27,28). The van der Waals surface area contributed by atoms with E-state index in [2.05, 4.69) is 35.5 Å². The third-order valence-corrected chi connectivity index (χ3v) is 5.02. The summed E-state index contributed by atoms with van der Waals surface area (Å²) >= 11 is 6.04. The third-order valence-electron chi connectivity index (χ3n) is 4.78.